The van der Waals surface area contributed by atoms with Crippen molar-refractivity contribution >= 4 is 29.3 Å². The highest BCUT2D eigenvalue weighted by atomic mass is 32.2. The molecule has 2 amide bonds. The quantitative estimate of drug-likeness (QED) is 0.641. The summed E-state index contributed by atoms with van der Waals surface area (Å²) in [7, 11) is 0. The summed E-state index contributed by atoms with van der Waals surface area (Å²) >= 11 is 2.62. The molecule has 1 aromatic rings. The van der Waals surface area contributed by atoms with E-state index in [4.69, 9.17) is 10.8 Å². The summed E-state index contributed by atoms with van der Waals surface area (Å²) in [5, 5.41) is 10.8. The van der Waals surface area contributed by atoms with E-state index in [1.165, 1.54) is 11.3 Å². The Labute approximate surface area is 89.9 Å². The third-order valence-corrected chi connectivity index (χ3v) is 3.05. The molecular formula is C7H11N3O2S2. The molecule has 0 bridgehead atoms. The summed E-state index contributed by atoms with van der Waals surface area (Å²) in [6.07, 6.45) is 0.616. The average Bonchev–Trinajstić information content (AvgIpc) is 2.64. The number of hydrogen-bond acceptors (Lipinski definition) is 5. The first-order valence-electron chi connectivity index (χ1n) is 3.91. The van der Waals surface area contributed by atoms with E-state index in [1.54, 1.807) is 5.51 Å². The number of nitrogens with two attached hydrogens (primary N) is 1. The number of aromatic nitrogens is 1. The van der Waals surface area contributed by atoms with E-state index >= 15 is 0 Å². The SMILES string of the molecule is NC(=O)NS[C@@H](CO)Cc1cscn1. The van der Waals surface area contributed by atoms with E-state index in [0.29, 0.717) is 6.42 Å². The van der Waals surface area contributed by atoms with Gasteiger partial charge in [-0.05, 0) is 11.9 Å². The van der Waals surface area contributed by atoms with E-state index < -0.39 is 6.03 Å². The van der Waals surface area contributed by atoms with Crippen molar-refractivity contribution in [2.45, 2.75) is 11.7 Å². The van der Waals surface area contributed by atoms with Gasteiger partial charge in [-0.25, -0.2) is 9.78 Å². The minimum atomic E-state index is -0.605. The molecule has 0 aliphatic rings. The number of aliphatic hydroxyl groups is 1. The van der Waals surface area contributed by atoms with Gasteiger partial charge in [0.1, 0.15) is 0 Å². The van der Waals surface area contributed by atoms with Crippen molar-refractivity contribution in [1.82, 2.24) is 9.71 Å². The van der Waals surface area contributed by atoms with Crippen LogP contribution < -0.4 is 10.5 Å². The summed E-state index contributed by atoms with van der Waals surface area (Å²) in [5.41, 5.74) is 7.54. The summed E-state index contributed by atoms with van der Waals surface area (Å²) in [4.78, 5) is 14.5. The van der Waals surface area contributed by atoms with Crippen LogP contribution in [0.25, 0.3) is 0 Å². The van der Waals surface area contributed by atoms with Crippen LogP contribution in [-0.2, 0) is 6.42 Å². The highest BCUT2D eigenvalue weighted by Crippen LogP contribution is 2.13. The molecule has 14 heavy (non-hydrogen) atoms. The molecule has 0 aromatic carbocycles. The van der Waals surface area contributed by atoms with Gasteiger partial charge in [0.15, 0.2) is 0 Å². The second-order valence-electron chi connectivity index (χ2n) is 2.57. The molecule has 0 aliphatic carbocycles. The van der Waals surface area contributed by atoms with Gasteiger partial charge in [-0.1, -0.05) is 0 Å². The molecule has 1 heterocycles. The van der Waals surface area contributed by atoms with Gasteiger partial charge in [-0.15, -0.1) is 11.3 Å². The lowest BCUT2D eigenvalue weighted by atomic mass is 10.2. The van der Waals surface area contributed by atoms with Crippen molar-refractivity contribution in [2.75, 3.05) is 6.61 Å². The van der Waals surface area contributed by atoms with E-state index in [9.17, 15) is 4.79 Å². The van der Waals surface area contributed by atoms with Crippen LogP contribution in [0.3, 0.4) is 0 Å². The molecule has 1 rings (SSSR count). The van der Waals surface area contributed by atoms with Gasteiger partial charge in [0.25, 0.3) is 0 Å². The Morgan fingerprint density at radius 2 is 2.64 bits per heavy atom. The molecule has 7 heteroatoms. The largest absolute Gasteiger partial charge is 0.395 e. The average molecular weight is 233 g/mol. The molecule has 0 fully saturated rings. The Kier molecular flexibility index (Phi) is 4.71. The standard InChI is InChI=1S/C7H11N3O2S2/c8-7(12)10-14-6(2-11)1-5-3-13-4-9-5/h3-4,6,11H,1-2H2,(H3,8,10,12)/t6-/m1/s1. The molecule has 1 aromatic heterocycles. The van der Waals surface area contributed by atoms with Crippen molar-refractivity contribution in [3.8, 4) is 0 Å². The van der Waals surface area contributed by atoms with Crippen molar-refractivity contribution in [3.05, 3.63) is 16.6 Å². The third-order valence-electron chi connectivity index (χ3n) is 1.45. The Balaban J connectivity index is 2.35. The van der Waals surface area contributed by atoms with Crippen LogP contribution in [0.4, 0.5) is 4.79 Å². The number of nitrogens with zero attached hydrogens (tertiary/aromatic N) is 1. The second kappa shape index (κ2) is 5.84. The highest BCUT2D eigenvalue weighted by molar-refractivity contribution is 7.98. The third kappa shape index (κ3) is 3.95. The lowest BCUT2D eigenvalue weighted by Gasteiger charge is -2.11. The van der Waals surface area contributed by atoms with Crippen LogP contribution in [-0.4, -0.2) is 28.0 Å². The molecule has 0 radical (unpaired) electrons. The van der Waals surface area contributed by atoms with Gasteiger partial charge in [0, 0.05) is 11.8 Å². The van der Waals surface area contributed by atoms with Crippen molar-refractivity contribution in [3.63, 3.8) is 0 Å². The van der Waals surface area contributed by atoms with Crippen molar-refractivity contribution in [1.29, 1.82) is 0 Å². The van der Waals surface area contributed by atoms with E-state index in [-0.39, 0.29) is 11.9 Å². The topological polar surface area (TPSA) is 88.2 Å². The fourth-order valence-electron chi connectivity index (χ4n) is 0.857. The number of rotatable bonds is 5. The molecule has 0 spiro atoms. The molecule has 0 saturated carbocycles. The second-order valence-corrected chi connectivity index (χ2v) is 4.40. The molecular weight excluding hydrogens is 222 g/mol. The number of carbonyl (C=O) groups excluding carboxylic acids is 1. The molecule has 0 aliphatic heterocycles. The fraction of sp³-hybridized carbons (Fsp3) is 0.429. The van der Waals surface area contributed by atoms with Gasteiger partial charge in [0.2, 0.25) is 0 Å². The van der Waals surface area contributed by atoms with Crippen LogP contribution in [0.5, 0.6) is 0 Å². The van der Waals surface area contributed by atoms with Gasteiger partial charge >= 0.3 is 6.03 Å². The summed E-state index contributed by atoms with van der Waals surface area (Å²) in [5.74, 6) is 0. The zero-order chi connectivity index (χ0) is 10.4. The maximum atomic E-state index is 10.4. The highest BCUT2D eigenvalue weighted by Gasteiger charge is 2.11. The summed E-state index contributed by atoms with van der Waals surface area (Å²) in [6, 6.07) is -0.605. The number of hydrogen-bond donors (Lipinski definition) is 3. The molecule has 1 atom stereocenters. The van der Waals surface area contributed by atoms with Crippen molar-refractivity contribution in [2.24, 2.45) is 5.73 Å². The van der Waals surface area contributed by atoms with Crippen LogP contribution in [0.1, 0.15) is 5.69 Å². The number of primary amides is 1. The predicted molar refractivity (Wildman–Crippen MR) is 57.0 cm³/mol. The maximum Gasteiger partial charge on any atom is 0.322 e. The molecule has 78 valence electrons. The predicted octanol–water partition coefficient (Wildman–Crippen LogP) is 0.363. The monoisotopic (exact) mass is 233 g/mol. The van der Waals surface area contributed by atoms with Gasteiger partial charge < -0.3 is 10.8 Å². The normalized spacial score (nSPS) is 12.4. The summed E-state index contributed by atoms with van der Waals surface area (Å²) < 4.78 is 2.38. The van der Waals surface area contributed by atoms with E-state index in [0.717, 1.165) is 17.6 Å². The first kappa shape index (κ1) is 11.3. The lowest BCUT2D eigenvalue weighted by Crippen LogP contribution is -2.27. The van der Waals surface area contributed by atoms with Crippen LogP contribution in [0.15, 0.2) is 10.9 Å². The number of carbonyl (C=O) groups is 1. The summed E-state index contributed by atoms with van der Waals surface area (Å²) in [6.45, 7) is -0.0253. The van der Waals surface area contributed by atoms with Gasteiger partial charge in [-0.2, -0.15) is 0 Å². The first-order valence-corrected chi connectivity index (χ1v) is 5.73. The smallest absolute Gasteiger partial charge is 0.322 e. The number of nitrogens with one attached hydrogen (secondary N) is 1. The zero-order valence-corrected chi connectivity index (χ0v) is 8.98. The lowest BCUT2D eigenvalue weighted by molar-refractivity contribution is 0.254. The number of urea groups is 1. The molecule has 4 N–H and O–H groups in total. The Bertz CT molecular complexity index is 278. The molecule has 0 unspecified atom stereocenters. The maximum absolute atomic E-state index is 10.4. The zero-order valence-electron chi connectivity index (χ0n) is 7.34. The van der Waals surface area contributed by atoms with E-state index in [1.807, 2.05) is 5.38 Å². The molecule has 0 saturated heterocycles. The Hall–Kier alpha value is -0.790. The Morgan fingerprint density at radius 3 is 3.14 bits per heavy atom. The van der Waals surface area contributed by atoms with Gasteiger partial charge in [0.05, 0.1) is 23.1 Å². The van der Waals surface area contributed by atoms with Crippen molar-refractivity contribution < 1.29 is 9.90 Å². The minimum Gasteiger partial charge on any atom is -0.395 e. The number of aliphatic hydroxyl groups excluding tert-OH is 1. The number of amides is 2. The molecule has 5 nitrogen and oxygen atoms in total. The minimum absolute atomic E-state index is 0.0253. The van der Waals surface area contributed by atoms with Crippen LogP contribution in [0.2, 0.25) is 0 Å². The van der Waals surface area contributed by atoms with Crippen LogP contribution in [0, 0.1) is 0 Å². The van der Waals surface area contributed by atoms with E-state index in [2.05, 4.69) is 9.71 Å². The van der Waals surface area contributed by atoms with Crippen LogP contribution >= 0.6 is 23.3 Å². The number of thiazole rings is 1. The fourth-order valence-corrected chi connectivity index (χ4v) is 2.04. The Morgan fingerprint density at radius 1 is 1.86 bits per heavy atom. The first-order chi connectivity index (χ1) is 6.72. The van der Waals surface area contributed by atoms with Gasteiger partial charge in [-0.3, -0.25) is 4.72 Å².